The van der Waals surface area contributed by atoms with E-state index < -0.39 is 15.6 Å². The Bertz CT molecular complexity index is 1270. The molecule has 36 heavy (non-hydrogen) atoms. The second kappa shape index (κ2) is 11.1. The van der Waals surface area contributed by atoms with Crippen LogP contribution in [0.5, 0.6) is 11.5 Å². The number of rotatable bonds is 9. The van der Waals surface area contributed by atoms with E-state index in [2.05, 4.69) is 10.0 Å². The Morgan fingerprint density at radius 1 is 0.972 bits per heavy atom. The predicted molar refractivity (Wildman–Crippen MR) is 138 cm³/mol. The van der Waals surface area contributed by atoms with E-state index >= 15 is 0 Å². The number of carbonyl (C=O) groups excluding carboxylic acids is 1. The molecule has 1 heterocycles. The molecule has 0 unspecified atom stereocenters. The molecule has 0 atom stereocenters. The van der Waals surface area contributed by atoms with Crippen LogP contribution in [0.4, 0.5) is 0 Å². The molecule has 1 aliphatic rings. The van der Waals surface area contributed by atoms with Crippen LogP contribution in [0.3, 0.4) is 0 Å². The number of hydrogen-bond acceptors (Lipinski definition) is 5. The van der Waals surface area contributed by atoms with Gasteiger partial charge < -0.3 is 15.2 Å². The first kappa shape index (κ1) is 25.7. The SMILES string of the molecule is COc1ccccc1C(=O)NCC1(c2ccccc2)CCN(S(=O)(=O)NCc2ccc(O)cc2)CC1. The third-order valence-corrected chi connectivity index (χ3v) is 8.29. The van der Waals surface area contributed by atoms with Crippen LogP contribution in [0.1, 0.15) is 34.3 Å². The van der Waals surface area contributed by atoms with E-state index in [9.17, 15) is 18.3 Å². The Balaban J connectivity index is 1.45. The summed E-state index contributed by atoms with van der Waals surface area (Å²) in [7, 11) is -2.16. The minimum absolute atomic E-state index is 0.132. The summed E-state index contributed by atoms with van der Waals surface area (Å²) in [6, 6.07) is 23.4. The Morgan fingerprint density at radius 2 is 1.61 bits per heavy atom. The van der Waals surface area contributed by atoms with Gasteiger partial charge in [0.2, 0.25) is 0 Å². The van der Waals surface area contributed by atoms with Crippen molar-refractivity contribution in [2.24, 2.45) is 0 Å². The Kier molecular flexibility index (Phi) is 7.93. The number of aromatic hydroxyl groups is 1. The van der Waals surface area contributed by atoms with Crippen LogP contribution in [0.15, 0.2) is 78.9 Å². The van der Waals surface area contributed by atoms with Gasteiger partial charge in [0, 0.05) is 31.6 Å². The summed E-state index contributed by atoms with van der Waals surface area (Å²) in [5, 5.41) is 12.5. The lowest BCUT2D eigenvalue weighted by Crippen LogP contribution is -2.52. The molecule has 0 aromatic heterocycles. The number of phenols is 1. The molecule has 0 radical (unpaired) electrons. The zero-order chi connectivity index (χ0) is 25.6. The van der Waals surface area contributed by atoms with E-state index in [1.165, 1.54) is 23.5 Å². The second-order valence-corrected chi connectivity index (χ2v) is 10.7. The topological polar surface area (TPSA) is 108 Å². The summed E-state index contributed by atoms with van der Waals surface area (Å²) < 4.78 is 35.4. The van der Waals surface area contributed by atoms with Gasteiger partial charge in [0.1, 0.15) is 11.5 Å². The normalized spacial score (nSPS) is 15.8. The minimum Gasteiger partial charge on any atom is -0.508 e. The number of nitrogens with zero attached hydrogens (tertiary/aromatic N) is 1. The van der Waals surface area contributed by atoms with Crippen LogP contribution in [-0.4, -0.2) is 50.5 Å². The molecule has 8 nitrogen and oxygen atoms in total. The summed E-state index contributed by atoms with van der Waals surface area (Å²) in [6.45, 7) is 1.16. The molecule has 1 amide bonds. The van der Waals surface area contributed by atoms with Crippen LogP contribution in [0.2, 0.25) is 0 Å². The standard InChI is InChI=1S/C27H31N3O5S/c1-35-25-10-6-5-9-24(25)26(32)28-20-27(22-7-3-2-4-8-22)15-17-30(18-16-27)36(33,34)29-19-21-11-13-23(31)14-12-21/h2-14,29,31H,15-20H2,1H3,(H,28,32). The smallest absolute Gasteiger partial charge is 0.279 e. The summed E-state index contributed by atoms with van der Waals surface area (Å²) in [6.07, 6.45) is 1.12. The average molecular weight is 510 g/mol. The van der Waals surface area contributed by atoms with Gasteiger partial charge in [0.25, 0.3) is 16.1 Å². The average Bonchev–Trinajstić information content (AvgIpc) is 2.92. The number of methoxy groups -OCH3 is 1. The van der Waals surface area contributed by atoms with E-state index in [0.29, 0.717) is 43.8 Å². The molecule has 9 heteroatoms. The fourth-order valence-electron chi connectivity index (χ4n) is 4.57. The van der Waals surface area contributed by atoms with Crippen molar-refractivity contribution >= 4 is 16.1 Å². The van der Waals surface area contributed by atoms with Gasteiger partial charge in [-0.15, -0.1) is 0 Å². The molecule has 1 saturated heterocycles. The van der Waals surface area contributed by atoms with Crippen LogP contribution in [-0.2, 0) is 22.2 Å². The second-order valence-electron chi connectivity index (χ2n) is 8.92. The molecular formula is C27H31N3O5S. The lowest BCUT2D eigenvalue weighted by Gasteiger charge is -2.42. The first-order valence-electron chi connectivity index (χ1n) is 11.8. The lowest BCUT2D eigenvalue weighted by atomic mass is 9.73. The van der Waals surface area contributed by atoms with Crippen LogP contribution in [0.25, 0.3) is 0 Å². The van der Waals surface area contributed by atoms with Crippen LogP contribution < -0.4 is 14.8 Å². The highest BCUT2D eigenvalue weighted by Crippen LogP contribution is 2.36. The number of para-hydroxylation sites is 1. The van der Waals surface area contributed by atoms with E-state index in [1.54, 1.807) is 30.3 Å². The van der Waals surface area contributed by atoms with Gasteiger partial charge >= 0.3 is 0 Å². The quantitative estimate of drug-likeness (QED) is 0.411. The maximum Gasteiger partial charge on any atom is 0.279 e. The number of ether oxygens (including phenoxy) is 1. The third-order valence-electron chi connectivity index (χ3n) is 6.74. The number of benzene rings is 3. The Morgan fingerprint density at radius 3 is 2.28 bits per heavy atom. The van der Waals surface area contributed by atoms with Crippen molar-refractivity contribution in [2.45, 2.75) is 24.8 Å². The van der Waals surface area contributed by atoms with Crippen LogP contribution in [0, 0.1) is 0 Å². The van der Waals surface area contributed by atoms with E-state index in [0.717, 1.165) is 11.1 Å². The summed E-state index contributed by atoms with van der Waals surface area (Å²) in [5.74, 6) is 0.408. The molecule has 3 N–H and O–H groups in total. The van der Waals surface area contributed by atoms with Crippen molar-refractivity contribution in [2.75, 3.05) is 26.7 Å². The highest BCUT2D eigenvalue weighted by molar-refractivity contribution is 7.87. The highest BCUT2D eigenvalue weighted by Gasteiger charge is 2.39. The predicted octanol–water partition coefficient (Wildman–Crippen LogP) is 3.20. The fraction of sp³-hybridized carbons (Fsp3) is 0.296. The molecule has 0 saturated carbocycles. The summed E-state index contributed by atoms with van der Waals surface area (Å²) in [4.78, 5) is 13.0. The molecule has 3 aromatic rings. The van der Waals surface area contributed by atoms with Gasteiger partial charge in [-0.1, -0.05) is 54.6 Å². The van der Waals surface area contributed by atoms with Gasteiger partial charge in [0.05, 0.1) is 12.7 Å². The van der Waals surface area contributed by atoms with Gasteiger partial charge in [-0.2, -0.15) is 17.4 Å². The first-order chi connectivity index (χ1) is 17.3. The molecule has 4 rings (SSSR count). The highest BCUT2D eigenvalue weighted by atomic mass is 32.2. The van der Waals surface area contributed by atoms with E-state index in [1.807, 2.05) is 36.4 Å². The zero-order valence-corrected chi connectivity index (χ0v) is 21.0. The van der Waals surface area contributed by atoms with Crippen molar-refractivity contribution in [3.8, 4) is 11.5 Å². The van der Waals surface area contributed by atoms with Crippen molar-refractivity contribution in [3.63, 3.8) is 0 Å². The summed E-state index contributed by atoms with van der Waals surface area (Å²) in [5.41, 5.74) is 1.88. The Labute approximate surface area is 212 Å². The van der Waals surface area contributed by atoms with Crippen molar-refractivity contribution in [1.82, 2.24) is 14.3 Å². The fourth-order valence-corrected chi connectivity index (χ4v) is 5.77. The number of amides is 1. The van der Waals surface area contributed by atoms with E-state index in [-0.39, 0.29) is 18.2 Å². The van der Waals surface area contributed by atoms with Gasteiger partial charge in [-0.25, -0.2) is 0 Å². The molecule has 190 valence electrons. The van der Waals surface area contributed by atoms with Crippen molar-refractivity contribution in [1.29, 1.82) is 0 Å². The Hall–Kier alpha value is -3.40. The monoisotopic (exact) mass is 509 g/mol. The largest absolute Gasteiger partial charge is 0.508 e. The van der Waals surface area contributed by atoms with Crippen LogP contribution >= 0.6 is 0 Å². The van der Waals surface area contributed by atoms with Crippen molar-refractivity contribution in [3.05, 3.63) is 95.6 Å². The van der Waals surface area contributed by atoms with E-state index in [4.69, 9.17) is 4.74 Å². The van der Waals surface area contributed by atoms with Gasteiger partial charge in [-0.05, 0) is 48.2 Å². The number of carbonyl (C=O) groups is 1. The number of phenolic OH excluding ortho intramolecular Hbond substituents is 1. The van der Waals surface area contributed by atoms with Gasteiger partial charge in [-0.3, -0.25) is 4.79 Å². The number of piperidine rings is 1. The third kappa shape index (κ3) is 5.87. The molecule has 0 aliphatic carbocycles. The van der Waals surface area contributed by atoms with Crippen molar-refractivity contribution < 1.29 is 23.1 Å². The maximum atomic E-state index is 13.0. The number of nitrogens with one attached hydrogen (secondary N) is 2. The molecule has 1 aliphatic heterocycles. The first-order valence-corrected chi connectivity index (χ1v) is 13.3. The summed E-state index contributed by atoms with van der Waals surface area (Å²) >= 11 is 0. The molecule has 3 aromatic carbocycles. The molecule has 0 bridgehead atoms. The number of hydrogen-bond donors (Lipinski definition) is 3. The lowest BCUT2D eigenvalue weighted by molar-refractivity contribution is 0.0929. The molecule has 0 spiro atoms. The maximum absolute atomic E-state index is 13.0. The van der Waals surface area contributed by atoms with Gasteiger partial charge in [0.15, 0.2) is 0 Å². The minimum atomic E-state index is -3.69. The zero-order valence-electron chi connectivity index (χ0n) is 20.2. The molecular weight excluding hydrogens is 478 g/mol. The molecule has 1 fully saturated rings.